The fourth-order valence-electron chi connectivity index (χ4n) is 3.37. The maximum absolute atomic E-state index is 13.0. The highest BCUT2D eigenvalue weighted by Gasteiger charge is 2.38. The Kier molecular flexibility index (Phi) is 10.3. The molecule has 4 N–H and O–H groups in total. The number of rotatable bonds is 8. The molecule has 0 radical (unpaired) electrons. The summed E-state index contributed by atoms with van der Waals surface area (Å²) in [6.45, 7) is 3.46. The SMILES string of the molecule is CCOC(=O)C1=C(CNC(=N)S)NC(C)=C(C(=O)OC)C1c1cccc(NS(C)(=O)=O)c1.Cl. The number of amidine groups is 1. The standard InChI is InChI=1S/C20H26N4O6S2.ClH/c1-5-30-19(26)17-14(10-22-20(21)31)23-11(2)15(18(25)29-3)16(17)12-7-6-8-13(9-12)24-32(4,27)28;/h6-9,16,23-24H,5,10H2,1-4H3,(H3,21,22,31);1H. The molecule has 0 saturated heterocycles. The summed E-state index contributed by atoms with van der Waals surface area (Å²) in [5, 5.41) is 13.2. The number of dihydropyridines is 1. The lowest BCUT2D eigenvalue weighted by atomic mass is 9.80. The summed E-state index contributed by atoms with van der Waals surface area (Å²) in [5.41, 5.74) is 1.89. The first-order valence-corrected chi connectivity index (χ1v) is 11.9. The molecule has 1 atom stereocenters. The fraction of sp³-hybridized carbons (Fsp3) is 0.350. The summed E-state index contributed by atoms with van der Waals surface area (Å²) in [6.07, 6.45) is 1.02. The summed E-state index contributed by atoms with van der Waals surface area (Å²) in [6, 6.07) is 6.38. The summed E-state index contributed by atoms with van der Waals surface area (Å²) < 4.78 is 36.0. The molecule has 182 valence electrons. The molecule has 13 heteroatoms. The van der Waals surface area contributed by atoms with Crippen LogP contribution in [0.3, 0.4) is 0 Å². The van der Waals surface area contributed by atoms with Crippen LogP contribution in [0.2, 0.25) is 0 Å². The number of hydrogen-bond donors (Lipinski definition) is 5. The molecule has 0 aromatic heterocycles. The molecule has 0 amide bonds. The van der Waals surface area contributed by atoms with Gasteiger partial charge < -0.3 is 20.1 Å². The van der Waals surface area contributed by atoms with Crippen molar-refractivity contribution in [3.8, 4) is 0 Å². The molecule has 33 heavy (non-hydrogen) atoms. The van der Waals surface area contributed by atoms with Crippen molar-refractivity contribution in [1.82, 2.24) is 10.6 Å². The van der Waals surface area contributed by atoms with Gasteiger partial charge in [0.25, 0.3) is 0 Å². The summed E-state index contributed by atoms with van der Waals surface area (Å²) >= 11 is 3.91. The molecule has 0 spiro atoms. The van der Waals surface area contributed by atoms with Gasteiger partial charge in [-0.25, -0.2) is 18.0 Å². The summed E-state index contributed by atoms with van der Waals surface area (Å²) in [4.78, 5) is 25.7. The smallest absolute Gasteiger partial charge is 0.336 e. The monoisotopic (exact) mass is 518 g/mol. The maximum atomic E-state index is 13.0. The molecular weight excluding hydrogens is 492 g/mol. The molecule has 0 bridgehead atoms. The van der Waals surface area contributed by atoms with Crippen molar-refractivity contribution in [1.29, 1.82) is 5.41 Å². The minimum atomic E-state index is -3.55. The van der Waals surface area contributed by atoms with Gasteiger partial charge in [0.1, 0.15) is 0 Å². The van der Waals surface area contributed by atoms with Gasteiger partial charge in [0.15, 0.2) is 5.17 Å². The van der Waals surface area contributed by atoms with E-state index in [9.17, 15) is 18.0 Å². The number of halogens is 1. The Labute approximate surface area is 204 Å². The minimum absolute atomic E-state index is 0. The van der Waals surface area contributed by atoms with Crippen molar-refractivity contribution >= 4 is 57.9 Å². The van der Waals surface area contributed by atoms with E-state index in [2.05, 4.69) is 28.0 Å². The third-order valence-electron chi connectivity index (χ3n) is 4.50. The predicted molar refractivity (Wildman–Crippen MR) is 131 cm³/mol. The van der Waals surface area contributed by atoms with E-state index >= 15 is 0 Å². The number of esters is 2. The van der Waals surface area contributed by atoms with Gasteiger partial charge in [0, 0.05) is 17.1 Å². The second kappa shape index (κ2) is 12.0. The third kappa shape index (κ3) is 7.41. The second-order valence-electron chi connectivity index (χ2n) is 6.90. The van der Waals surface area contributed by atoms with Crippen LogP contribution in [0.4, 0.5) is 5.69 Å². The number of benzene rings is 1. The zero-order valence-electron chi connectivity index (χ0n) is 18.5. The molecule has 1 unspecified atom stereocenters. The van der Waals surface area contributed by atoms with E-state index in [1.807, 2.05) is 0 Å². The maximum Gasteiger partial charge on any atom is 0.336 e. The Bertz CT molecular complexity index is 1100. The lowest BCUT2D eigenvalue weighted by Gasteiger charge is -2.31. The number of nitrogens with one attached hydrogen (secondary N) is 4. The van der Waals surface area contributed by atoms with Gasteiger partial charge in [0.2, 0.25) is 10.0 Å². The first-order valence-electron chi connectivity index (χ1n) is 9.53. The zero-order valence-corrected chi connectivity index (χ0v) is 21.0. The van der Waals surface area contributed by atoms with Crippen molar-refractivity contribution in [3.63, 3.8) is 0 Å². The Morgan fingerprint density at radius 1 is 1.24 bits per heavy atom. The molecular formula is C20H27ClN4O6S2. The molecule has 10 nitrogen and oxygen atoms in total. The third-order valence-corrected chi connectivity index (χ3v) is 5.27. The molecule has 0 saturated carbocycles. The molecule has 0 fully saturated rings. The Morgan fingerprint density at radius 3 is 2.45 bits per heavy atom. The number of carbonyl (C=O) groups excluding carboxylic acids is 2. The Balaban J connectivity index is 0.00000544. The van der Waals surface area contributed by atoms with Crippen LogP contribution in [0.25, 0.3) is 0 Å². The molecule has 1 aromatic carbocycles. The lowest BCUT2D eigenvalue weighted by Crippen LogP contribution is -2.37. The topological polar surface area (TPSA) is 147 Å². The van der Waals surface area contributed by atoms with Gasteiger partial charge in [0.05, 0.1) is 43.6 Å². The quantitative estimate of drug-likeness (QED) is 0.152. The number of methoxy groups -OCH3 is 1. The van der Waals surface area contributed by atoms with E-state index in [0.29, 0.717) is 17.0 Å². The van der Waals surface area contributed by atoms with E-state index in [-0.39, 0.29) is 47.6 Å². The largest absolute Gasteiger partial charge is 0.466 e. The number of ether oxygens (including phenoxy) is 2. The number of sulfonamides is 1. The van der Waals surface area contributed by atoms with Crippen LogP contribution in [0.5, 0.6) is 0 Å². The average Bonchev–Trinajstić information content (AvgIpc) is 2.70. The van der Waals surface area contributed by atoms with Gasteiger partial charge in [-0.2, -0.15) is 0 Å². The number of thiol groups is 1. The van der Waals surface area contributed by atoms with Crippen LogP contribution in [0.15, 0.2) is 46.8 Å². The summed E-state index contributed by atoms with van der Waals surface area (Å²) in [5.74, 6) is -2.23. The van der Waals surface area contributed by atoms with Crippen LogP contribution >= 0.6 is 25.0 Å². The molecule has 0 aliphatic carbocycles. The number of hydrogen-bond acceptors (Lipinski definition) is 8. The van der Waals surface area contributed by atoms with Crippen LogP contribution < -0.4 is 15.4 Å². The molecule has 1 aliphatic heterocycles. The van der Waals surface area contributed by atoms with Gasteiger partial charge >= 0.3 is 11.9 Å². The predicted octanol–water partition coefficient (Wildman–Crippen LogP) is 1.89. The van der Waals surface area contributed by atoms with E-state index in [4.69, 9.17) is 14.9 Å². The lowest BCUT2D eigenvalue weighted by molar-refractivity contribution is -0.139. The normalized spacial score (nSPS) is 15.7. The van der Waals surface area contributed by atoms with Gasteiger partial charge in [-0.3, -0.25) is 10.1 Å². The van der Waals surface area contributed by atoms with Crippen LogP contribution in [-0.2, 0) is 29.1 Å². The molecule has 1 aliphatic rings. The first-order chi connectivity index (χ1) is 15.0. The Morgan fingerprint density at radius 2 is 1.91 bits per heavy atom. The molecule has 1 heterocycles. The van der Waals surface area contributed by atoms with Crippen LogP contribution in [-0.4, -0.2) is 52.0 Å². The zero-order chi connectivity index (χ0) is 24.1. The number of anilines is 1. The highest BCUT2D eigenvalue weighted by Crippen LogP contribution is 2.40. The van der Waals surface area contributed by atoms with Crippen molar-refractivity contribution in [3.05, 3.63) is 52.4 Å². The van der Waals surface area contributed by atoms with Crippen molar-refractivity contribution < 1.29 is 27.5 Å². The summed E-state index contributed by atoms with van der Waals surface area (Å²) in [7, 11) is -2.32. The van der Waals surface area contributed by atoms with Crippen molar-refractivity contribution in [2.24, 2.45) is 0 Å². The van der Waals surface area contributed by atoms with E-state index < -0.39 is 27.9 Å². The molecule has 2 rings (SSSR count). The number of carbonyl (C=O) groups is 2. The van der Waals surface area contributed by atoms with Gasteiger partial charge in [-0.15, -0.1) is 25.0 Å². The van der Waals surface area contributed by atoms with Gasteiger partial charge in [-0.1, -0.05) is 12.1 Å². The van der Waals surface area contributed by atoms with E-state index in [0.717, 1.165) is 6.26 Å². The van der Waals surface area contributed by atoms with E-state index in [1.54, 1.807) is 32.0 Å². The van der Waals surface area contributed by atoms with Gasteiger partial charge in [-0.05, 0) is 31.5 Å². The van der Waals surface area contributed by atoms with Crippen LogP contribution in [0.1, 0.15) is 25.3 Å². The Hall–Kier alpha value is -2.70. The van der Waals surface area contributed by atoms with Crippen molar-refractivity contribution in [2.45, 2.75) is 19.8 Å². The van der Waals surface area contributed by atoms with Crippen molar-refractivity contribution in [2.75, 3.05) is 31.2 Å². The van der Waals surface area contributed by atoms with Crippen LogP contribution in [0, 0.1) is 5.41 Å². The van der Waals surface area contributed by atoms with E-state index in [1.165, 1.54) is 13.2 Å². The highest BCUT2D eigenvalue weighted by molar-refractivity contribution is 7.96. The first kappa shape index (κ1) is 28.3. The fourth-order valence-corrected chi connectivity index (χ4v) is 4.00. The molecule has 1 aromatic rings. The minimum Gasteiger partial charge on any atom is -0.466 e. The highest BCUT2D eigenvalue weighted by atomic mass is 35.5. The second-order valence-corrected chi connectivity index (χ2v) is 9.10. The number of allylic oxidation sites excluding steroid dienone is 1. The average molecular weight is 519 g/mol.